The van der Waals surface area contributed by atoms with Gasteiger partial charge in [-0.15, -0.1) is 5.10 Å². The zero-order valence-electron chi connectivity index (χ0n) is 20.3. The summed E-state index contributed by atoms with van der Waals surface area (Å²) in [6.07, 6.45) is 2.83. The van der Waals surface area contributed by atoms with Gasteiger partial charge in [-0.2, -0.15) is 0 Å². The molecule has 3 fully saturated rings. The molecule has 2 saturated heterocycles. The van der Waals surface area contributed by atoms with Crippen molar-refractivity contribution < 1.29 is 22.7 Å². The molecule has 2 aliphatic heterocycles. The standard InChI is InChI=1S/C26H24F3N7O2/c27-19-7-16(19)25(37)32-20-8-15-17(9-30-20)22(23(28)29)31-10-18(15)24-33-21-2-1-14(11-36(21)34-24)35-5-3-26(4-6-35)12-38-13-26/h1-2,8-11,16,19,23H,3-7,12-13H2,(H,30,32,37)/t16-,19+/m1/s1. The summed E-state index contributed by atoms with van der Waals surface area (Å²) in [5.74, 6) is -0.747. The molecule has 0 aromatic carbocycles. The molecule has 3 aliphatic rings. The molecular formula is C26H24F3N7O2. The van der Waals surface area contributed by atoms with E-state index in [1.54, 1.807) is 4.52 Å². The van der Waals surface area contributed by atoms with E-state index in [1.807, 2.05) is 18.3 Å². The van der Waals surface area contributed by atoms with Crippen molar-refractivity contribution in [2.75, 3.05) is 36.5 Å². The molecule has 1 aliphatic carbocycles. The zero-order chi connectivity index (χ0) is 26.0. The third-order valence-electron chi connectivity index (χ3n) is 7.87. The smallest absolute Gasteiger partial charge is 0.281 e. The molecule has 9 nitrogen and oxygen atoms in total. The molecule has 4 aromatic rings. The van der Waals surface area contributed by atoms with Crippen LogP contribution in [0.5, 0.6) is 0 Å². The zero-order valence-corrected chi connectivity index (χ0v) is 20.3. The quantitative estimate of drug-likeness (QED) is 0.419. The number of carbonyl (C=O) groups is 1. The van der Waals surface area contributed by atoms with Gasteiger partial charge in [0.2, 0.25) is 5.91 Å². The van der Waals surface area contributed by atoms with Crippen molar-refractivity contribution in [2.24, 2.45) is 11.3 Å². The molecule has 0 radical (unpaired) electrons. The van der Waals surface area contributed by atoms with Gasteiger partial charge in [0.25, 0.3) is 6.43 Å². The molecule has 1 N–H and O–H groups in total. The predicted octanol–water partition coefficient (Wildman–Crippen LogP) is 4.19. The summed E-state index contributed by atoms with van der Waals surface area (Å²) < 4.78 is 47.8. The molecule has 38 heavy (non-hydrogen) atoms. The van der Waals surface area contributed by atoms with E-state index in [0.717, 1.165) is 44.8 Å². The van der Waals surface area contributed by atoms with E-state index < -0.39 is 30.1 Å². The minimum atomic E-state index is -2.82. The number of aromatic nitrogens is 5. The number of alkyl halides is 3. The van der Waals surface area contributed by atoms with Crippen LogP contribution in [0.4, 0.5) is 24.7 Å². The maximum atomic E-state index is 13.7. The summed E-state index contributed by atoms with van der Waals surface area (Å²) in [4.78, 5) is 27.2. The second-order valence-corrected chi connectivity index (χ2v) is 10.4. The fourth-order valence-electron chi connectivity index (χ4n) is 5.32. The van der Waals surface area contributed by atoms with Crippen molar-refractivity contribution in [1.29, 1.82) is 0 Å². The minimum Gasteiger partial charge on any atom is -0.380 e. The van der Waals surface area contributed by atoms with Crippen molar-refractivity contribution >= 4 is 33.8 Å². The number of nitrogens with one attached hydrogen (secondary N) is 1. The number of pyridine rings is 3. The number of hydrogen-bond donors (Lipinski definition) is 1. The molecule has 6 heterocycles. The van der Waals surface area contributed by atoms with Crippen LogP contribution in [0, 0.1) is 11.3 Å². The molecule has 2 atom stereocenters. The van der Waals surface area contributed by atoms with Crippen molar-refractivity contribution in [3.05, 3.63) is 42.5 Å². The van der Waals surface area contributed by atoms with E-state index in [0.29, 0.717) is 27.8 Å². The number of fused-ring (bicyclic) bond motifs is 2. The fourth-order valence-corrected chi connectivity index (χ4v) is 5.32. The average Bonchev–Trinajstić information content (AvgIpc) is 3.49. The Labute approximate surface area is 215 Å². The first kappa shape index (κ1) is 23.3. The third kappa shape index (κ3) is 3.94. The van der Waals surface area contributed by atoms with Gasteiger partial charge >= 0.3 is 0 Å². The molecule has 4 aromatic heterocycles. The van der Waals surface area contributed by atoms with Gasteiger partial charge in [-0.3, -0.25) is 9.78 Å². The molecule has 196 valence electrons. The second kappa shape index (κ2) is 8.62. The number of ether oxygens (including phenoxy) is 1. The monoisotopic (exact) mass is 523 g/mol. The van der Waals surface area contributed by atoms with E-state index >= 15 is 0 Å². The molecule has 1 spiro atoms. The summed E-state index contributed by atoms with van der Waals surface area (Å²) in [7, 11) is 0. The minimum absolute atomic E-state index is 0.132. The van der Waals surface area contributed by atoms with Gasteiger partial charge in [0.1, 0.15) is 17.7 Å². The lowest BCUT2D eigenvalue weighted by molar-refractivity contribution is -0.124. The van der Waals surface area contributed by atoms with E-state index in [2.05, 4.69) is 30.3 Å². The van der Waals surface area contributed by atoms with Crippen LogP contribution in [0.3, 0.4) is 0 Å². The fraction of sp³-hybridized carbons (Fsp3) is 0.423. The lowest BCUT2D eigenvalue weighted by Gasteiger charge is -2.47. The van der Waals surface area contributed by atoms with Gasteiger partial charge in [0, 0.05) is 47.2 Å². The van der Waals surface area contributed by atoms with Crippen molar-refractivity contribution in [3.8, 4) is 11.4 Å². The van der Waals surface area contributed by atoms with Crippen LogP contribution in [-0.2, 0) is 9.53 Å². The maximum Gasteiger partial charge on any atom is 0.281 e. The molecular weight excluding hydrogens is 499 g/mol. The summed E-state index contributed by atoms with van der Waals surface area (Å²) in [5, 5.41) is 7.71. The van der Waals surface area contributed by atoms with Crippen molar-refractivity contribution in [1.82, 2.24) is 24.6 Å². The number of rotatable bonds is 5. The van der Waals surface area contributed by atoms with Crippen LogP contribution in [0.15, 0.2) is 36.8 Å². The molecule has 1 saturated carbocycles. The molecule has 1 amide bonds. The SMILES string of the molecule is O=C(Nc1cc2c(-c3nc4ccc(N5CCC6(CC5)COC6)cn4n3)cnc(C(F)F)c2cn1)[C@@H]1C[C@@H]1F. The Morgan fingerprint density at radius 3 is 2.61 bits per heavy atom. The van der Waals surface area contributed by atoms with Crippen LogP contribution in [0.2, 0.25) is 0 Å². The summed E-state index contributed by atoms with van der Waals surface area (Å²) in [5.41, 5.74) is 1.96. The van der Waals surface area contributed by atoms with Gasteiger partial charge in [0.15, 0.2) is 11.5 Å². The van der Waals surface area contributed by atoms with Crippen molar-refractivity contribution in [3.63, 3.8) is 0 Å². The number of nitrogens with zero attached hydrogens (tertiary/aromatic N) is 6. The van der Waals surface area contributed by atoms with E-state index in [1.165, 1.54) is 18.5 Å². The first-order valence-corrected chi connectivity index (χ1v) is 12.6. The predicted molar refractivity (Wildman–Crippen MR) is 133 cm³/mol. The van der Waals surface area contributed by atoms with E-state index in [4.69, 9.17) is 4.74 Å². The Bertz CT molecular complexity index is 1560. The lowest BCUT2D eigenvalue weighted by Crippen LogP contribution is -2.51. The van der Waals surface area contributed by atoms with Crippen LogP contribution >= 0.6 is 0 Å². The van der Waals surface area contributed by atoms with Gasteiger partial charge in [-0.25, -0.2) is 27.7 Å². The molecule has 0 bridgehead atoms. The van der Waals surface area contributed by atoms with Gasteiger partial charge < -0.3 is 15.0 Å². The van der Waals surface area contributed by atoms with E-state index in [-0.39, 0.29) is 17.6 Å². The normalized spacial score (nSPS) is 22.3. The lowest BCUT2D eigenvalue weighted by atomic mass is 9.77. The second-order valence-electron chi connectivity index (χ2n) is 10.4. The summed E-state index contributed by atoms with van der Waals surface area (Å²) >= 11 is 0. The number of anilines is 2. The van der Waals surface area contributed by atoms with Crippen LogP contribution in [-0.4, -0.2) is 62.9 Å². The highest BCUT2D eigenvalue weighted by Gasteiger charge is 2.44. The number of carbonyl (C=O) groups excluding carboxylic acids is 1. The highest BCUT2D eigenvalue weighted by molar-refractivity contribution is 6.00. The Hall–Kier alpha value is -3.80. The Morgan fingerprint density at radius 1 is 1.13 bits per heavy atom. The molecule has 12 heteroatoms. The van der Waals surface area contributed by atoms with Gasteiger partial charge in [0.05, 0.1) is 31.0 Å². The van der Waals surface area contributed by atoms with Crippen molar-refractivity contribution in [2.45, 2.75) is 31.9 Å². The van der Waals surface area contributed by atoms with Crippen LogP contribution in [0.25, 0.3) is 27.8 Å². The number of halogens is 3. The third-order valence-corrected chi connectivity index (χ3v) is 7.87. The highest BCUT2D eigenvalue weighted by Crippen LogP contribution is 2.40. The molecule has 7 rings (SSSR count). The highest BCUT2D eigenvalue weighted by atomic mass is 19.3. The van der Waals surface area contributed by atoms with Gasteiger partial charge in [-0.1, -0.05) is 0 Å². The number of hydrogen-bond acceptors (Lipinski definition) is 7. The number of amides is 1. The topological polar surface area (TPSA) is 97.5 Å². The number of piperidine rings is 1. The Kier molecular flexibility index (Phi) is 5.29. The van der Waals surface area contributed by atoms with Gasteiger partial charge in [-0.05, 0) is 37.5 Å². The van der Waals surface area contributed by atoms with E-state index in [9.17, 15) is 18.0 Å². The first-order chi connectivity index (χ1) is 18.4. The summed E-state index contributed by atoms with van der Waals surface area (Å²) in [6, 6.07) is 5.37. The van der Waals surface area contributed by atoms with Crippen LogP contribution < -0.4 is 10.2 Å². The first-order valence-electron chi connectivity index (χ1n) is 12.6. The maximum absolute atomic E-state index is 13.7. The largest absolute Gasteiger partial charge is 0.380 e. The Morgan fingerprint density at radius 2 is 1.92 bits per heavy atom. The Balaban J connectivity index is 1.23. The average molecular weight is 524 g/mol. The molecule has 0 unspecified atom stereocenters. The van der Waals surface area contributed by atoms with Crippen LogP contribution in [0.1, 0.15) is 31.4 Å². The summed E-state index contributed by atoms with van der Waals surface area (Å²) in [6.45, 7) is 3.56.